The first-order valence-electron chi connectivity index (χ1n) is 9.40. The van der Waals surface area contributed by atoms with Gasteiger partial charge in [-0.2, -0.15) is 0 Å². The van der Waals surface area contributed by atoms with Gasteiger partial charge in [-0.15, -0.1) is 0 Å². The van der Waals surface area contributed by atoms with E-state index in [4.69, 9.17) is 16.6 Å². The summed E-state index contributed by atoms with van der Waals surface area (Å²) < 4.78 is 2.06. The van der Waals surface area contributed by atoms with E-state index in [1.54, 1.807) is 4.90 Å². The van der Waals surface area contributed by atoms with Crippen molar-refractivity contribution in [2.45, 2.75) is 32.0 Å². The van der Waals surface area contributed by atoms with Gasteiger partial charge in [-0.1, -0.05) is 41.9 Å². The molecule has 6 nitrogen and oxygen atoms in total. The summed E-state index contributed by atoms with van der Waals surface area (Å²) in [5.41, 5.74) is 2.81. The molecule has 2 aromatic carbocycles. The minimum atomic E-state index is -0.205. The van der Waals surface area contributed by atoms with Crippen LogP contribution in [0.3, 0.4) is 0 Å². The highest BCUT2D eigenvalue weighted by Crippen LogP contribution is 2.31. The number of benzene rings is 2. The Morgan fingerprint density at radius 3 is 2.57 bits per heavy atom. The highest BCUT2D eigenvalue weighted by Gasteiger charge is 2.44. The van der Waals surface area contributed by atoms with Crippen molar-refractivity contribution >= 4 is 34.6 Å². The first-order chi connectivity index (χ1) is 13.6. The summed E-state index contributed by atoms with van der Waals surface area (Å²) in [7, 11) is 0. The van der Waals surface area contributed by atoms with Crippen molar-refractivity contribution < 1.29 is 9.59 Å². The SMILES string of the molecule is O=C1CN(C2CC2)C(=O)N1Cc1nc2cc(Cl)ccc2n1Cc1ccccc1. The lowest BCUT2D eigenvalue weighted by molar-refractivity contribution is -0.125. The van der Waals surface area contributed by atoms with Gasteiger partial charge in [0, 0.05) is 17.6 Å². The molecule has 7 heteroatoms. The zero-order chi connectivity index (χ0) is 19.3. The predicted molar refractivity (Wildman–Crippen MR) is 106 cm³/mol. The van der Waals surface area contributed by atoms with Gasteiger partial charge in [0.15, 0.2) is 0 Å². The maximum absolute atomic E-state index is 12.7. The number of hydrogen-bond donors (Lipinski definition) is 0. The van der Waals surface area contributed by atoms with E-state index in [1.807, 2.05) is 48.5 Å². The van der Waals surface area contributed by atoms with Crippen molar-refractivity contribution in [3.8, 4) is 0 Å². The Balaban J connectivity index is 1.52. The van der Waals surface area contributed by atoms with E-state index < -0.39 is 0 Å². The fourth-order valence-electron chi connectivity index (χ4n) is 3.75. The van der Waals surface area contributed by atoms with E-state index >= 15 is 0 Å². The average Bonchev–Trinajstić information content (AvgIpc) is 3.43. The summed E-state index contributed by atoms with van der Waals surface area (Å²) in [5.74, 6) is 0.522. The van der Waals surface area contributed by atoms with Crippen LogP contribution in [-0.2, 0) is 17.9 Å². The second-order valence-electron chi connectivity index (χ2n) is 7.35. The van der Waals surface area contributed by atoms with E-state index in [-0.39, 0.29) is 31.1 Å². The van der Waals surface area contributed by atoms with Crippen LogP contribution in [0.1, 0.15) is 24.2 Å². The molecule has 0 unspecified atom stereocenters. The smallest absolute Gasteiger partial charge is 0.322 e. The lowest BCUT2D eigenvalue weighted by Crippen LogP contribution is -2.34. The third kappa shape index (κ3) is 3.03. The van der Waals surface area contributed by atoms with E-state index in [0.717, 1.165) is 29.4 Å². The summed E-state index contributed by atoms with van der Waals surface area (Å²) in [6.45, 7) is 0.950. The van der Waals surface area contributed by atoms with Gasteiger partial charge in [-0.3, -0.25) is 9.69 Å². The van der Waals surface area contributed by atoms with Crippen LogP contribution in [0.15, 0.2) is 48.5 Å². The molecule has 0 N–H and O–H groups in total. The summed E-state index contributed by atoms with van der Waals surface area (Å²) in [6.07, 6.45) is 1.97. The van der Waals surface area contributed by atoms with E-state index in [2.05, 4.69) is 4.57 Å². The van der Waals surface area contributed by atoms with Crippen LogP contribution in [0.5, 0.6) is 0 Å². The van der Waals surface area contributed by atoms with Gasteiger partial charge in [-0.25, -0.2) is 9.78 Å². The molecule has 5 rings (SSSR count). The summed E-state index contributed by atoms with van der Waals surface area (Å²) in [5, 5.41) is 0.608. The van der Waals surface area contributed by atoms with Crippen molar-refractivity contribution in [3.63, 3.8) is 0 Å². The average molecular weight is 395 g/mol. The first-order valence-corrected chi connectivity index (χ1v) is 9.77. The zero-order valence-corrected chi connectivity index (χ0v) is 16.0. The summed E-state index contributed by atoms with van der Waals surface area (Å²) >= 11 is 6.14. The number of halogens is 1. The lowest BCUT2D eigenvalue weighted by Gasteiger charge is -2.17. The van der Waals surface area contributed by atoms with Gasteiger partial charge in [-0.05, 0) is 36.6 Å². The fourth-order valence-corrected chi connectivity index (χ4v) is 3.91. The molecule has 1 aliphatic heterocycles. The summed E-state index contributed by atoms with van der Waals surface area (Å²) in [6, 6.07) is 15.7. The molecular weight excluding hydrogens is 376 g/mol. The quantitative estimate of drug-likeness (QED) is 0.620. The van der Waals surface area contributed by atoms with Crippen LogP contribution in [0.4, 0.5) is 4.79 Å². The normalized spacial score (nSPS) is 17.2. The highest BCUT2D eigenvalue weighted by molar-refractivity contribution is 6.31. The largest absolute Gasteiger partial charge is 0.327 e. The second kappa shape index (κ2) is 6.63. The number of aromatic nitrogens is 2. The molecule has 3 amide bonds. The monoisotopic (exact) mass is 394 g/mol. The molecule has 0 spiro atoms. The van der Waals surface area contributed by atoms with E-state index in [1.165, 1.54) is 4.90 Å². The molecule has 28 heavy (non-hydrogen) atoms. The molecule has 0 atom stereocenters. The maximum Gasteiger partial charge on any atom is 0.327 e. The molecule has 1 aromatic heterocycles. The number of amides is 3. The minimum absolute atomic E-state index is 0.159. The molecule has 1 saturated heterocycles. The van der Waals surface area contributed by atoms with Crippen LogP contribution in [0, 0.1) is 0 Å². The molecule has 0 bridgehead atoms. The van der Waals surface area contributed by atoms with E-state index in [0.29, 0.717) is 17.4 Å². The van der Waals surface area contributed by atoms with Gasteiger partial charge in [0.25, 0.3) is 5.91 Å². The Morgan fingerprint density at radius 1 is 1.04 bits per heavy atom. The number of rotatable bonds is 5. The van der Waals surface area contributed by atoms with E-state index in [9.17, 15) is 9.59 Å². The number of urea groups is 1. The third-order valence-electron chi connectivity index (χ3n) is 5.34. The Bertz CT molecular complexity index is 1070. The Morgan fingerprint density at radius 2 is 1.82 bits per heavy atom. The van der Waals surface area contributed by atoms with Crippen LogP contribution in [-0.4, -0.2) is 43.9 Å². The molecule has 1 aliphatic carbocycles. The molecule has 0 radical (unpaired) electrons. The van der Waals surface area contributed by atoms with Crippen LogP contribution in [0.2, 0.25) is 5.02 Å². The molecular formula is C21H19ClN4O2. The topological polar surface area (TPSA) is 58.4 Å². The standard InChI is InChI=1S/C21H19ClN4O2/c22-15-6-9-18-17(10-15)23-19(25(18)11-14-4-2-1-3-5-14)12-26-20(27)13-24(21(26)28)16-7-8-16/h1-6,9-10,16H,7-8,11-13H2. The van der Waals surface area contributed by atoms with Crippen LogP contribution < -0.4 is 0 Å². The Labute approximate surface area is 167 Å². The third-order valence-corrected chi connectivity index (χ3v) is 5.58. The highest BCUT2D eigenvalue weighted by atomic mass is 35.5. The molecule has 142 valence electrons. The number of nitrogens with zero attached hydrogens (tertiary/aromatic N) is 4. The van der Waals surface area contributed by atoms with Gasteiger partial charge >= 0.3 is 6.03 Å². The number of fused-ring (bicyclic) bond motifs is 1. The number of imidazole rings is 1. The van der Waals surface area contributed by atoms with Crippen molar-refractivity contribution in [3.05, 3.63) is 64.9 Å². The van der Waals surface area contributed by atoms with Gasteiger partial charge in [0.2, 0.25) is 0 Å². The minimum Gasteiger partial charge on any atom is -0.322 e. The molecule has 1 saturated carbocycles. The molecule has 2 fully saturated rings. The van der Waals surface area contributed by atoms with Gasteiger partial charge in [0.1, 0.15) is 12.4 Å². The maximum atomic E-state index is 12.7. The summed E-state index contributed by atoms with van der Waals surface area (Å²) in [4.78, 5) is 32.9. The number of imide groups is 1. The second-order valence-corrected chi connectivity index (χ2v) is 7.79. The van der Waals surface area contributed by atoms with Crippen LogP contribution >= 0.6 is 11.6 Å². The van der Waals surface area contributed by atoms with Crippen molar-refractivity contribution in [1.82, 2.24) is 19.4 Å². The Kier molecular flexibility index (Phi) is 4.09. The predicted octanol–water partition coefficient (Wildman–Crippen LogP) is 3.66. The Hall–Kier alpha value is -2.86. The van der Waals surface area contributed by atoms with Gasteiger partial charge in [0.05, 0.1) is 17.6 Å². The zero-order valence-electron chi connectivity index (χ0n) is 15.2. The molecule has 2 heterocycles. The van der Waals surface area contributed by atoms with Crippen molar-refractivity contribution in [1.29, 1.82) is 0 Å². The van der Waals surface area contributed by atoms with Crippen molar-refractivity contribution in [2.75, 3.05) is 6.54 Å². The molecule has 3 aromatic rings. The number of carbonyl (C=O) groups is 2. The molecule has 2 aliphatic rings. The van der Waals surface area contributed by atoms with Crippen molar-refractivity contribution in [2.24, 2.45) is 0 Å². The first kappa shape index (κ1) is 17.3. The number of hydrogen-bond acceptors (Lipinski definition) is 3. The van der Waals surface area contributed by atoms with Crippen LogP contribution in [0.25, 0.3) is 11.0 Å². The van der Waals surface area contributed by atoms with Gasteiger partial charge < -0.3 is 9.47 Å². The fraction of sp³-hybridized carbons (Fsp3) is 0.286. The number of carbonyl (C=O) groups excluding carboxylic acids is 2. The lowest BCUT2D eigenvalue weighted by atomic mass is 10.2.